The fourth-order valence-electron chi connectivity index (χ4n) is 3.67. The molecule has 0 unspecified atom stereocenters. The van der Waals surface area contributed by atoms with Crippen molar-refractivity contribution in [1.29, 1.82) is 0 Å². The molecular formula is C21H20ClN3O4. The van der Waals surface area contributed by atoms with Gasteiger partial charge in [0, 0.05) is 30.3 Å². The number of anilines is 1. The number of aromatic nitrogens is 2. The average molecular weight is 414 g/mol. The lowest BCUT2D eigenvalue weighted by Crippen LogP contribution is -2.15. The van der Waals surface area contributed by atoms with Gasteiger partial charge in [-0.2, -0.15) is 5.10 Å². The Morgan fingerprint density at radius 1 is 1.07 bits per heavy atom. The highest BCUT2D eigenvalue weighted by atomic mass is 35.5. The Hall–Kier alpha value is -3.19. The number of rotatable bonds is 5. The number of fused-ring (bicyclic) bond motifs is 3. The van der Waals surface area contributed by atoms with Crippen LogP contribution < -0.4 is 19.5 Å². The molecule has 29 heavy (non-hydrogen) atoms. The molecule has 1 N–H and O–H groups in total. The third kappa shape index (κ3) is 3.17. The zero-order valence-electron chi connectivity index (χ0n) is 16.5. The number of carbonyl (C=O) groups is 1. The molecule has 0 atom stereocenters. The number of hydrogen-bond donors (Lipinski definition) is 1. The second-order valence-electron chi connectivity index (χ2n) is 6.64. The van der Waals surface area contributed by atoms with Crippen molar-refractivity contribution >= 4 is 23.2 Å². The predicted molar refractivity (Wildman–Crippen MR) is 111 cm³/mol. The summed E-state index contributed by atoms with van der Waals surface area (Å²) < 4.78 is 17.7. The second-order valence-corrected chi connectivity index (χ2v) is 7.05. The molecule has 0 bridgehead atoms. The van der Waals surface area contributed by atoms with Crippen molar-refractivity contribution < 1.29 is 19.0 Å². The van der Waals surface area contributed by atoms with E-state index in [1.54, 1.807) is 37.1 Å². The highest BCUT2D eigenvalue weighted by Gasteiger charge is 2.31. The van der Waals surface area contributed by atoms with Gasteiger partial charge in [-0.25, -0.2) is 0 Å². The van der Waals surface area contributed by atoms with Gasteiger partial charge >= 0.3 is 0 Å². The van der Waals surface area contributed by atoms with Crippen LogP contribution in [0.25, 0.3) is 11.3 Å². The van der Waals surface area contributed by atoms with Gasteiger partial charge in [-0.15, -0.1) is 0 Å². The first-order valence-corrected chi connectivity index (χ1v) is 9.30. The molecule has 7 nitrogen and oxygen atoms in total. The summed E-state index contributed by atoms with van der Waals surface area (Å²) in [5.74, 6) is 1.54. The van der Waals surface area contributed by atoms with Gasteiger partial charge < -0.3 is 19.5 Å². The molecule has 8 heteroatoms. The number of ether oxygens (including phenoxy) is 3. The molecule has 150 valence electrons. The first-order valence-electron chi connectivity index (χ1n) is 8.92. The third-order valence-corrected chi connectivity index (χ3v) is 5.30. The molecule has 0 saturated heterocycles. The lowest BCUT2D eigenvalue weighted by Gasteiger charge is -2.11. The van der Waals surface area contributed by atoms with E-state index in [2.05, 4.69) is 10.4 Å². The van der Waals surface area contributed by atoms with Crippen LogP contribution >= 0.6 is 11.6 Å². The van der Waals surface area contributed by atoms with E-state index in [1.807, 2.05) is 19.2 Å². The molecule has 0 aliphatic heterocycles. The highest BCUT2D eigenvalue weighted by Crippen LogP contribution is 2.43. The Morgan fingerprint density at radius 2 is 1.76 bits per heavy atom. The Kier molecular flexibility index (Phi) is 4.84. The number of benzene rings is 2. The predicted octanol–water partition coefficient (Wildman–Crippen LogP) is 3.92. The van der Waals surface area contributed by atoms with E-state index in [-0.39, 0.29) is 5.91 Å². The van der Waals surface area contributed by atoms with Crippen molar-refractivity contribution in [2.24, 2.45) is 7.05 Å². The maximum atomic E-state index is 12.9. The summed E-state index contributed by atoms with van der Waals surface area (Å²) in [6.07, 6.45) is 0.588. The van der Waals surface area contributed by atoms with Gasteiger partial charge in [-0.1, -0.05) is 11.6 Å². The SMILES string of the molecule is COc1ccc(NC(=O)c2nn(C)c3c2Cc2cc(OC)c(OC)cc2-3)cc1Cl. The van der Waals surface area contributed by atoms with Gasteiger partial charge in [-0.05, 0) is 35.9 Å². The molecule has 1 heterocycles. The second kappa shape index (κ2) is 7.33. The summed E-state index contributed by atoms with van der Waals surface area (Å²) in [5, 5.41) is 7.74. The summed E-state index contributed by atoms with van der Waals surface area (Å²) in [6, 6.07) is 8.95. The quantitative estimate of drug-likeness (QED) is 0.536. The van der Waals surface area contributed by atoms with Crippen LogP contribution in [-0.2, 0) is 13.5 Å². The number of carbonyl (C=O) groups excluding carboxylic acids is 1. The number of aryl methyl sites for hydroxylation is 1. The van der Waals surface area contributed by atoms with E-state index in [1.165, 1.54) is 7.11 Å². The number of nitrogens with one attached hydrogen (secondary N) is 1. The topological polar surface area (TPSA) is 74.6 Å². The number of methoxy groups -OCH3 is 3. The molecule has 1 aliphatic carbocycles. The Labute approximate surface area is 173 Å². The number of hydrogen-bond acceptors (Lipinski definition) is 5. The van der Waals surface area contributed by atoms with Crippen LogP contribution in [0, 0.1) is 0 Å². The van der Waals surface area contributed by atoms with E-state index in [4.69, 9.17) is 25.8 Å². The fraction of sp³-hybridized carbons (Fsp3) is 0.238. The largest absolute Gasteiger partial charge is 0.495 e. The first-order chi connectivity index (χ1) is 14.0. The van der Waals surface area contributed by atoms with E-state index < -0.39 is 0 Å². The summed E-state index contributed by atoms with van der Waals surface area (Å²) in [6.45, 7) is 0. The van der Waals surface area contributed by atoms with Crippen LogP contribution in [0.3, 0.4) is 0 Å². The zero-order valence-corrected chi connectivity index (χ0v) is 17.3. The van der Waals surface area contributed by atoms with Gasteiger partial charge in [0.1, 0.15) is 5.75 Å². The number of halogens is 1. The monoisotopic (exact) mass is 413 g/mol. The maximum absolute atomic E-state index is 12.9. The van der Waals surface area contributed by atoms with Crippen LogP contribution in [0.4, 0.5) is 5.69 Å². The minimum atomic E-state index is -0.296. The summed E-state index contributed by atoms with van der Waals surface area (Å²) in [4.78, 5) is 12.9. The Bertz CT molecular complexity index is 1120. The van der Waals surface area contributed by atoms with Crippen molar-refractivity contribution in [2.75, 3.05) is 26.6 Å². The van der Waals surface area contributed by atoms with Crippen LogP contribution in [0.5, 0.6) is 17.2 Å². The summed E-state index contributed by atoms with van der Waals surface area (Å²) >= 11 is 6.16. The van der Waals surface area contributed by atoms with Crippen LogP contribution in [0.15, 0.2) is 30.3 Å². The highest BCUT2D eigenvalue weighted by molar-refractivity contribution is 6.32. The molecule has 0 radical (unpaired) electrons. The molecule has 2 aromatic carbocycles. The van der Waals surface area contributed by atoms with Crippen molar-refractivity contribution in [3.05, 3.63) is 52.2 Å². The van der Waals surface area contributed by atoms with Gasteiger partial charge in [0.25, 0.3) is 5.91 Å². The summed E-state index contributed by atoms with van der Waals surface area (Å²) in [5.41, 5.74) is 4.77. The van der Waals surface area contributed by atoms with Crippen LogP contribution in [0.1, 0.15) is 21.6 Å². The molecule has 1 amide bonds. The molecule has 3 aromatic rings. The maximum Gasteiger partial charge on any atom is 0.276 e. The molecule has 0 saturated carbocycles. The third-order valence-electron chi connectivity index (χ3n) is 5.00. The standard InChI is InChI=1S/C21H20ClN3O4/c1-25-20-13-10-18(29-4)17(28-3)8-11(13)7-14(20)19(24-25)21(26)23-12-5-6-16(27-2)15(22)9-12/h5-6,8-10H,7H2,1-4H3,(H,23,26). The summed E-state index contributed by atoms with van der Waals surface area (Å²) in [7, 11) is 6.57. The number of amides is 1. The Morgan fingerprint density at radius 3 is 2.41 bits per heavy atom. The lowest BCUT2D eigenvalue weighted by molar-refractivity contribution is 0.102. The van der Waals surface area contributed by atoms with E-state index in [0.717, 1.165) is 22.4 Å². The van der Waals surface area contributed by atoms with E-state index in [0.29, 0.717) is 40.1 Å². The van der Waals surface area contributed by atoms with Gasteiger partial charge in [-0.3, -0.25) is 9.48 Å². The van der Waals surface area contributed by atoms with Crippen molar-refractivity contribution in [2.45, 2.75) is 6.42 Å². The molecule has 4 rings (SSSR count). The van der Waals surface area contributed by atoms with Gasteiger partial charge in [0.15, 0.2) is 17.2 Å². The molecule has 1 aliphatic rings. The molecule has 1 aromatic heterocycles. The van der Waals surface area contributed by atoms with E-state index in [9.17, 15) is 4.79 Å². The Balaban J connectivity index is 1.68. The van der Waals surface area contributed by atoms with Crippen LogP contribution in [0.2, 0.25) is 5.02 Å². The normalized spacial score (nSPS) is 11.6. The first kappa shape index (κ1) is 19.1. The van der Waals surface area contributed by atoms with E-state index >= 15 is 0 Å². The minimum absolute atomic E-state index is 0.296. The van der Waals surface area contributed by atoms with Gasteiger partial charge in [0.2, 0.25) is 0 Å². The fourth-order valence-corrected chi connectivity index (χ4v) is 3.92. The molecular weight excluding hydrogens is 394 g/mol. The minimum Gasteiger partial charge on any atom is -0.495 e. The smallest absolute Gasteiger partial charge is 0.276 e. The molecule has 0 fully saturated rings. The van der Waals surface area contributed by atoms with Crippen molar-refractivity contribution in [1.82, 2.24) is 9.78 Å². The van der Waals surface area contributed by atoms with Gasteiger partial charge in [0.05, 0.1) is 32.0 Å². The van der Waals surface area contributed by atoms with Crippen LogP contribution in [-0.4, -0.2) is 37.0 Å². The van der Waals surface area contributed by atoms with Crippen molar-refractivity contribution in [3.8, 4) is 28.5 Å². The zero-order chi connectivity index (χ0) is 20.7. The van der Waals surface area contributed by atoms with Crippen molar-refractivity contribution in [3.63, 3.8) is 0 Å². The average Bonchev–Trinajstić information content (AvgIpc) is 3.23. The number of nitrogens with zero attached hydrogens (tertiary/aromatic N) is 2. The molecule has 0 spiro atoms. The lowest BCUT2D eigenvalue weighted by atomic mass is 10.1.